The normalized spacial score (nSPS) is 11.0. The zero-order valence-corrected chi connectivity index (χ0v) is 10.0. The summed E-state index contributed by atoms with van der Waals surface area (Å²) in [4.78, 5) is 4.24. The first kappa shape index (κ1) is 10.9. The molecular weight excluding hydrogens is 198 g/mol. The lowest BCUT2D eigenvalue weighted by Crippen LogP contribution is -1.97. The van der Waals surface area contributed by atoms with Gasteiger partial charge in [-0.05, 0) is 24.0 Å². The molecule has 1 aromatic heterocycles. The predicted octanol–water partition coefficient (Wildman–Crippen LogP) is 3.70. The van der Waals surface area contributed by atoms with E-state index in [0.717, 1.165) is 18.1 Å². The van der Waals surface area contributed by atoms with E-state index in [1.54, 1.807) is 6.20 Å². The number of rotatable bonds is 3. The van der Waals surface area contributed by atoms with Crippen molar-refractivity contribution in [2.24, 2.45) is 0 Å². The first-order valence-electron chi connectivity index (χ1n) is 5.66. The Bertz CT molecular complexity index is 471. The summed E-state index contributed by atoms with van der Waals surface area (Å²) in [7, 11) is 0. The highest BCUT2D eigenvalue weighted by molar-refractivity contribution is 5.31. The Balaban J connectivity index is 2.27. The third kappa shape index (κ3) is 2.32. The quantitative estimate of drug-likeness (QED) is 0.780. The van der Waals surface area contributed by atoms with Gasteiger partial charge in [0.05, 0.1) is 6.20 Å². The second kappa shape index (κ2) is 4.52. The fourth-order valence-electron chi connectivity index (χ4n) is 1.90. The Morgan fingerprint density at radius 2 is 2.00 bits per heavy atom. The van der Waals surface area contributed by atoms with Gasteiger partial charge in [0, 0.05) is 6.42 Å². The Hall–Kier alpha value is -1.57. The number of nitrogens with zero attached hydrogens (tertiary/aromatic N) is 1. The molecular formula is C14H17NO. The van der Waals surface area contributed by atoms with Crippen molar-refractivity contribution in [1.29, 1.82) is 0 Å². The highest BCUT2D eigenvalue weighted by Crippen LogP contribution is 2.21. The van der Waals surface area contributed by atoms with Gasteiger partial charge in [-0.25, -0.2) is 4.98 Å². The topological polar surface area (TPSA) is 26.0 Å². The van der Waals surface area contributed by atoms with E-state index in [1.165, 1.54) is 11.1 Å². The minimum atomic E-state index is 0.534. The Labute approximate surface area is 96.3 Å². The standard InChI is InChI=1S/C14H17NO/c1-10(2)13-7-5-4-6-12(13)8-14-15-9-11(3)16-14/h4-7,9-10H,8H2,1-3H3. The number of aromatic nitrogens is 1. The van der Waals surface area contributed by atoms with Gasteiger partial charge in [-0.3, -0.25) is 0 Å². The van der Waals surface area contributed by atoms with Crippen molar-refractivity contribution in [3.8, 4) is 0 Å². The van der Waals surface area contributed by atoms with E-state index in [-0.39, 0.29) is 0 Å². The number of hydrogen-bond acceptors (Lipinski definition) is 2. The molecule has 0 saturated carbocycles. The van der Waals surface area contributed by atoms with Crippen LogP contribution in [0.3, 0.4) is 0 Å². The van der Waals surface area contributed by atoms with Gasteiger partial charge in [0.2, 0.25) is 0 Å². The second-order valence-electron chi connectivity index (χ2n) is 4.39. The number of aryl methyl sites for hydroxylation is 1. The van der Waals surface area contributed by atoms with Crippen molar-refractivity contribution in [3.05, 3.63) is 53.2 Å². The van der Waals surface area contributed by atoms with E-state index in [2.05, 4.69) is 43.1 Å². The molecule has 1 aromatic carbocycles. The third-order valence-corrected chi connectivity index (χ3v) is 2.69. The van der Waals surface area contributed by atoms with Crippen LogP contribution in [-0.4, -0.2) is 4.98 Å². The van der Waals surface area contributed by atoms with Gasteiger partial charge < -0.3 is 4.42 Å². The van der Waals surface area contributed by atoms with Gasteiger partial charge in [0.15, 0.2) is 5.89 Å². The summed E-state index contributed by atoms with van der Waals surface area (Å²) >= 11 is 0. The van der Waals surface area contributed by atoms with Crippen LogP contribution >= 0.6 is 0 Å². The van der Waals surface area contributed by atoms with E-state index < -0.39 is 0 Å². The lowest BCUT2D eigenvalue weighted by Gasteiger charge is -2.10. The number of benzene rings is 1. The molecule has 16 heavy (non-hydrogen) atoms. The number of hydrogen-bond donors (Lipinski definition) is 0. The Morgan fingerprint density at radius 1 is 1.25 bits per heavy atom. The molecule has 1 heterocycles. The SMILES string of the molecule is Cc1cnc(Cc2ccccc2C(C)C)o1. The van der Waals surface area contributed by atoms with E-state index in [1.807, 2.05) is 6.92 Å². The maximum atomic E-state index is 5.51. The molecule has 0 N–H and O–H groups in total. The maximum absolute atomic E-state index is 5.51. The van der Waals surface area contributed by atoms with Crippen molar-refractivity contribution in [2.75, 3.05) is 0 Å². The fourth-order valence-corrected chi connectivity index (χ4v) is 1.90. The first-order valence-corrected chi connectivity index (χ1v) is 5.66. The lowest BCUT2D eigenvalue weighted by molar-refractivity contribution is 0.481. The summed E-state index contributed by atoms with van der Waals surface area (Å²) in [6, 6.07) is 8.47. The molecule has 2 rings (SSSR count). The molecule has 0 spiro atoms. The molecule has 0 bridgehead atoms. The van der Waals surface area contributed by atoms with Crippen LogP contribution in [0.25, 0.3) is 0 Å². The average Bonchev–Trinajstić information content (AvgIpc) is 2.64. The van der Waals surface area contributed by atoms with Crippen LogP contribution in [0.4, 0.5) is 0 Å². The zero-order valence-electron chi connectivity index (χ0n) is 10.0. The molecule has 0 fully saturated rings. The van der Waals surface area contributed by atoms with Crippen LogP contribution in [0, 0.1) is 6.92 Å². The van der Waals surface area contributed by atoms with Gasteiger partial charge >= 0.3 is 0 Å². The zero-order chi connectivity index (χ0) is 11.5. The van der Waals surface area contributed by atoms with Crippen molar-refractivity contribution < 1.29 is 4.42 Å². The molecule has 0 amide bonds. The summed E-state index contributed by atoms with van der Waals surface area (Å²) in [6.45, 7) is 6.34. The molecule has 2 heteroatoms. The van der Waals surface area contributed by atoms with Gasteiger partial charge in [-0.1, -0.05) is 38.1 Å². The molecule has 2 nitrogen and oxygen atoms in total. The van der Waals surface area contributed by atoms with E-state index in [0.29, 0.717) is 5.92 Å². The molecule has 2 aromatic rings. The smallest absolute Gasteiger partial charge is 0.198 e. The Morgan fingerprint density at radius 3 is 2.62 bits per heavy atom. The minimum Gasteiger partial charge on any atom is -0.446 e. The summed E-state index contributed by atoms with van der Waals surface area (Å²) in [5.41, 5.74) is 2.68. The molecule has 0 atom stereocenters. The fraction of sp³-hybridized carbons (Fsp3) is 0.357. The van der Waals surface area contributed by atoms with Gasteiger partial charge in [0.25, 0.3) is 0 Å². The van der Waals surface area contributed by atoms with Crippen molar-refractivity contribution in [3.63, 3.8) is 0 Å². The van der Waals surface area contributed by atoms with Crippen molar-refractivity contribution in [2.45, 2.75) is 33.1 Å². The van der Waals surface area contributed by atoms with Crippen molar-refractivity contribution in [1.82, 2.24) is 4.98 Å². The lowest BCUT2D eigenvalue weighted by atomic mass is 9.95. The largest absolute Gasteiger partial charge is 0.446 e. The second-order valence-corrected chi connectivity index (χ2v) is 4.39. The predicted molar refractivity (Wildman–Crippen MR) is 64.6 cm³/mol. The molecule has 0 aliphatic heterocycles. The van der Waals surface area contributed by atoms with Crippen LogP contribution in [0.5, 0.6) is 0 Å². The van der Waals surface area contributed by atoms with E-state index >= 15 is 0 Å². The minimum absolute atomic E-state index is 0.534. The first-order chi connectivity index (χ1) is 7.66. The van der Waals surface area contributed by atoms with Crippen LogP contribution in [0.2, 0.25) is 0 Å². The summed E-state index contributed by atoms with van der Waals surface area (Å²) in [5.74, 6) is 2.20. The molecule has 0 aliphatic carbocycles. The highest BCUT2D eigenvalue weighted by Gasteiger charge is 2.08. The monoisotopic (exact) mass is 215 g/mol. The van der Waals surface area contributed by atoms with Gasteiger partial charge in [-0.15, -0.1) is 0 Å². The molecule has 84 valence electrons. The highest BCUT2D eigenvalue weighted by atomic mass is 16.3. The van der Waals surface area contributed by atoms with Gasteiger partial charge in [0.1, 0.15) is 5.76 Å². The number of oxazole rings is 1. The summed E-state index contributed by atoms with van der Waals surface area (Å²) in [6.07, 6.45) is 2.55. The van der Waals surface area contributed by atoms with Crippen molar-refractivity contribution >= 4 is 0 Å². The molecule has 0 aliphatic rings. The maximum Gasteiger partial charge on any atom is 0.198 e. The van der Waals surface area contributed by atoms with E-state index in [4.69, 9.17) is 4.42 Å². The average molecular weight is 215 g/mol. The van der Waals surface area contributed by atoms with Crippen LogP contribution in [0.15, 0.2) is 34.9 Å². The van der Waals surface area contributed by atoms with E-state index in [9.17, 15) is 0 Å². The third-order valence-electron chi connectivity index (χ3n) is 2.69. The summed E-state index contributed by atoms with van der Waals surface area (Å²) < 4.78 is 5.51. The van der Waals surface area contributed by atoms with Crippen LogP contribution < -0.4 is 0 Å². The molecule has 0 unspecified atom stereocenters. The van der Waals surface area contributed by atoms with Gasteiger partial charge in [-0.2, -0.15) is 0 Å². The molecule has 0 saturated heterocycles. The molecule has 0 radical (unpaired) electrons. The summed E-state index contributed by atoms with van der Waals surface area (Å²) in [5, 5.41) is 0. The van der Waals surface area contributed by atoms with Crippen LogP contribution in [0.1, 0.15) is 42.5 Å². The Kier molecular flexibility index (Phi) is 3.09. The van der Waals surface area contributed by atoms with Crippen LogP contribution in [-0.2, 0) is 6.42 Å².